The lowest BCUT2D eigenvalue weighted by molar-refractivity contribution is -0.122. The Morgan fingerprint density at radius 3 is 3.00 bits per heavy atom. The molecule has 1 heterocycles. The number of aromatic nitrogens is 2. The number of hydrogen-bond acceptors (Lipinski definition) is 2. The molecule has 4 nitrogen and oxygen atoms in total. The van der Waals surface area contributed by atoms with Gasteiger partial charge in [-0.25, -0.2) is 4.98 Å². The van der Waals surface area contributed by atoms with Crippen LogP contribution in [0.1, 0.15) is 30.3 Å². The van der Waals surface area contributed by atoms with Gasteiger partial charge in [-0.3, -0.25) is 4.79 Å². The zero-order valence-electron chi connectivity index (χ0n) is 12.6. The molecular formula is C17H21N3O. The van der Waals surface area contributed by atoms with Crippen LogP contribution in [0.3, 0.4) is 0 Å². The molecule has 1 N–H and O–H groups in total. The Labute approximate surface area is 125 Å². The second-order valence-corrected chi connectivity index (χ2v) is 5.64. The lowest BCUT2D eigenvalue weighted by atomic mass is 9.88. The summed E-state index contributed by atoms with van der Waals surface area (Å²) < 4.78 is 0. The number of imidazole rings is 1. The van der Waals surface area contributed by atoms with Gasteiger partial charge in [0.15, 0.2) is 0 Å². The molecule has 0 radical (unpaired) electrons. The molecule has 0 aliphatic heterocycles. The predicted molar refractivity (Wildman–Crippen MR) is 83.3 cm³/mol. The second-order valence-electron chi connectivity index (χ2n) is 5.64. The number of carbonyl (C=O) groups excluding carboxylic acids is 1. The van der Waals surface area contributed by atoms with Gasteiger partial charge < -0.3 is 9.88 Å². The van der Waals surface area contributed by atoms with Crippen molar-refractivity contribution in [2.45, 2.75) is 33.1 Å². The summed E-state index contributed by atoms with van der Waals surface area (Å²) in [6, 6.07) is 8.08. The first-order chi connectivity index (χ1) is 10.2. The molecule has 0 saturated carbocycles. The number of carbonyl (C=O) groups is 1. The molecule has 110 valence electrons. The minimum Gasteiger partial charge on any atom is -0.348 e. The van der Waals surface area contributed by atoms with E-state index in [0.29, 0.717) is 6.54 Å². The maximum atomic E-state index is 12.9. The van der Waals surface area contributed by atoms with Crippen molar-refractivity contribution in [2.24, 2.45) is 5.92 Å². The summed E-state index contributed by atoms with van der Waals surface area (Å²) in [5, 5.41) is 0. The maximum absolute atomic E-state index is 12.9. The smallest absolute Gasteiger partial charge is 0.230 e. The van der Waals surface area contributed by atoms with Gasteiger partial charge in [0.05, 0.1) is 12.0 Å². The van der Waals surface area contributed by atoms with E-state index < -0.39 is 0 Å². The number of benzene rings is 1. The van der Waals surface area contributed by atoms with E-state index in [9.17, 15) is 4.79 Å². The Hall–Kier alpha value is -2.10. The first-order valence-electron chi connectivity index (χ1n) is 7.58. The van der Waals surface area contributed by atoms with Crippen LogP contribution in [0, 0.1) is 12.8 Å². The number of aryl methyl sites for hydroxylation is 2. The molecule has 0 spiro atoms. The number of amides is 1. The third-order valence-electron chi connectivity index (χ3n) is 4.33. The zero-order valence-corrected chi connectivity index (χ0v) is 12.6. The van der Waals surface area contributed by atoms with Crippen molar-refractivity contribution in [2.75, 3.05) is 11.4 Å². The van der Waals surface area contributed by atoms with E-state index in [1.165, 1.54) is 0 Å². The molecule has 0 bridgehead atoms. The van der Waals surface area contributed by atoms with Gasteiger partial charge >= 0.3 is 0 Å². The molecule has 3 rings (SSSR count). The highest BCUT2D eigenvalue weighted by molar-refractivity contribution is 5.96. The van der Waals surface area contributed by atoms with Crippen LogP contribution < -0.4 is 4.90 Å². The van der Waals surface area contributed by atoms with Gasteiger partial charge in [-0.1, -0.05) is 18.2 Å². The number of nitrogens with zero attached hydrogens (tertiary/aromatic N) is 2. The Morgan fingerprint density at radius 1 is 1.43 bits per heavy atom. The molecule has 1 unspecified atom stereocenters. The van der Waals surface area contributed by atoms with Gasteiger partial charge in [-0.2, -0.15) is 0 Å². The molecule has 1 amide bonds. The van der Waals surface area contributed by atoms with Crippen LogP contribution in [0.25, 0.3) is 0 Å². The standard InChI is InChI=1S/C17H21N3O/c1-3-20(16-7-5-4-6-12(16)2)17(21)13-8-9-14-15(10-13)19-11-18-14/h4-7,11,13H,3,8-10H2,1-2H3,(H,18,19). The van der Waals surface area contributed by atoms with E-state index >= 15 is 0 Å². The van der Waals surface area contributed by atoms with E-state index in [1.807, 2.05) is 30.0 Å². The van der Waals surface area contributed by atoms with Crippen LogP contribution in [0.4, 0.5) is 5.69 Å². The first kappa shape index (κ1) is 13.9. The molecule has 1 aromatic heterocycles. The Morgan fingerprint density at radius 2 is 2.24 bits per heavy atom. The van der Waals surface area contributed by atoms with E-state index in [1.54, 1.807) is 6.33 Å². The van der Waals surface area contributed by atoms with E-state index in [0.717, 1.165) is 41.9 Å². The highest BCUT2D eigenvalue weighted by Gasteiger charge is 2.30. The normalized spacial score (nSPS) is 17.3. The fourth-order valence-corrected chi connectivity index (χ4v) is 3.14. The average Bonchev–Trinajstić information content (AvgIpc) is 2.97. The van der Waals surface area contributed by atoms with Gasteiger partial charge in [0.2, 0.25) is 5.91 Å². The van der Waals surface area contributed by atoms with Gasteiger partial charge in [0.1, 0.15) is 0 Å². The average molecular weight is 283 g/mol. The van der Waals surface area contributed by atoms with Crippen molar-refractivity contribution in [1.82, 2.24) is 9.97 Å². The number of aromatic amines is 1. The lowest BCUT2D eigenvalue weighted by Gasteiger charge is -2.29. The molecular weight excluding hydrogens is 262 g/mol. The number of fused-ring (bicyclic) bond motifs is 1. The lowest BCUT2D eigenvalue weighted by Crippen LogP contribution is -2.38. The van der Waals surface area contributed by atoms with Gasteiger partial charge in [0.25, 0.3) is 0 Å². The van der Waals surface area contributed by atoms with Crippen LogP contribution in [0.2, 0.25) is 0 Å². The van der Waals surface area contributed by atoms with Crippen molar-refractivity contribution in [3.8, 4) is 0 Å². The molecule has 1 aromatic carbocycles. The van der Waals surface area contributed by atoms with Gasteiger partial charge in [-0.15, -0.1) is 0 Å². The first-order valence-corrected chi connectivity index (χ1v) is 7.58. The minimum atomic E-state index is 0.0532. The highest BCUT2D eigenvalue weighted by atomic mass is 16.2. The summed E-state index contributed by atoms with van der Waals surface area (Å²) in [4.78, 5) is 22.3. The van der Waals surface area contributed by atoms with Gasteiger partial charge in [0, 0.05) is 30.3 Å². The summed E-state index contributed by atoms with van der Waals surface area (Å²) in [6.07, 6.45) is 4.28. The topological polar surface area (TPSA) is 49.0 Å². The Kier molecular flexibility index (Phi) is 3.78. The number of H-pyrrole nitrogens is 1. The third-order valence-corrected chi connectivity index (χ3v) is 4.33. The molecule has 1 atom stereocenters. The van der Waals surface area contributed by atoms with E-state index in [2.05, 4.69) is 23.0 Å². The summed E-state index contributed by atoms with van der Waals surface area (Å²) in [7, 11) is 0. The predicted octanol–water partition coefficient (Wildman–Crippen LogP) is 2.88. The minimum absolute atomic E-state index is 0.0532. The molecule has 1 aliphatic rings. The highest BCUT2D eigenvalue weighted by Crippen LogP contribution is 2.27. The second kappa shape index (κ2) is 5.72. The van der Waals surface area contributed by atoms with Crippen molar-refractivity contribution >= 4 is 11.6 Å². The van der Waals surface area contributed by atoms with Crippen LogP contribution in [0.5, 0.6) is 0 Å². The van der Waals surface area contributed by atoms with Gasteiger partial charge in [-0.05, 0) is 38.3 Å². The van der Waals surface area contributed by atoms with Crippen molar-refractivity contribution in [3.05, 3.63) is 47.5 Å². The van der Waals surface area contributed by atoms with Crippen LogP contribution in [-0.2, 0) is 17.6 Å². The quantitative estimate of drug-likeness (QED) is 0.941. The van der Waals surface area contributed by atoms with Crippen LogP contribution in [-0.4, -0.2) is 22.4 Å². The third kappa shape index (κ3) is 2.58. The summed E-state index contributed by atoms with van der Waals surface area (Å²) >= 11 is 0. The molecule has 2 aromatic rings. The molecule has 0 saturated heterocycles. The van der Waals surface area contributed by atoms with Crippen LogP contribution in [0.15, 0.2) is 30.6 Å². The Balaban J connectivity index is 1.82. The molecule has 0 fully saturated rings. The summed E-state index contributed by atoms with van der Waals surface area (Å²) in [6.45, 7) is 4.80. The molecule has 21 heavy (non-hydrogen) atoms. The van der Waals surface area contributed by atoms with Crippen molar-refractivity contribution in [1.29, 1.82) is 0 Å². The van der Waals surface area contributed by atoms with Crippen molar-refractivity contribution in [3.63, 3.8) is 0 Å². The number of anilines is 1. The van der Waals surface area contributed by atoms with Crippen LogP contribution >= 0.6 is 0 Å². The van der Waals surface area contributed by atoms with E-state index in [4.69, 9.17) is 0 Å². The number of nitrogens with one attached hydrogen (secondary N) is 1. The largest absolute Gasteiger partial charge is 0.348 e. The number of rotatable bonds is 3. The fourth-order valence-electron chi connectivity index (χ4n) is 3.14. The summed E-state index contributed by atoms with van der Waals surface area (Å²) in [5.74, 6) is 0.282. The fraction of sp³-hybridized carbons (Fsp3) is 0.412. The van der Waals surface area contributed by atoms with E-state index in [-0.39, 0.29) is 11.8 Å². The molecule has 1 aliphatic carbocycles. The number of para-hydroxylation sites is 1. The number of hydrogen-bond donors (Lipinski definition) is 1. The maximum Gasteiger partial charge on any atom is 0.230 e. The van der Waals surface area contributed by atoms with Crippen molar-refractivity contribution < 1.29 is 4.79 Å². The summed E-state index contributed by atoms with van der Waals surface area (Å²) in [5.41, 5.74) is 4.42. The Bertz CT molecular complexity index is 647. The molecule has 4 heteroatoms. The zero-order chi connectivity index (χ0) is 14.8. The monoisotopic (exact) mass is 283 g/mol. The SMILES string of the molecule is CCN(C(=O)C1CCc2nc[nH]c2C1)c1ccccc1C.